The van der Waals surface area contributed by atoms with Gasteiger partial charge < -0.3 is 10.6 Å². The minimum Gasteiger partial charge on any atom is -0.398 e. The predicted octanol–water partition coefficient (Wildman–Crippen LogP) is 1.62. The number of hydrogen-bond donors (Lipinski definition) is 2. The zero-order valence-corrected chi connectivity index (χ0v) is 16.9. The van der Waals surface area contributed by atoms with Gasteiger partial charge in [-0.1, -0.05) is 12.1 Å². The van der Waals surface area contributed by atoms with E-state index >= 15 is 0 Å². The van der Waals surface area contributed by atoms with Crippen LogP contribution in [0.1, 0.15) is 51.1 Å². The van der Waals surface area contributed by atoms with Gasteiger partial charge in [0, 0.05) is 30.9 Å². The average Bonchev–Trinajstić information content (AvgIpc) is 2.99. The highest BCUT2D eigenvalue weighted by Gasteiger charge is 2.44. The molecular weight excluding hydrogens is 396 g/mol. The summed E-state index contributed by atoms with van der Waals surface area (Å²) in [6.07, 6.45) is 2.19. The molecule has 3 aliphatic heterocycles. The van der Waals surface area contributed by atoms with Gasteiger partial charge in [0.2, 0.25) is 11.8 Å². The third-order valence-electron chi connectivity index (χ3n) is 6.26. The molecule has 0 bridgehead atoms. The van der Waals surface area contributed by atoms with Gasteiger partial charge in [-0.25, -0.2) is 0 Å². The summed E-state index contributed by atoms with van der Waals surface area (Å²) in [5.41, 5.74) is 10.7. The number of carbonyl (C=O) groups excluding carboxylic acids is 4. The molecule has 2 aromatic carbocycles. The van der Waals surface area contributed by atoms with Crippen molar-refractivity contribution in [3.8, 4) is 0 Å². The highest BCUT2D eigenvalue weighted by molar-refractivity contribution is 6.23. The molecule has 8 nitrogen and oxygen atoms in total. The standard InChI is InChI=1S/C23H22N4O4/c24-17-4-1-5-18-15(17)3-2-10-26(18)12-13-6-7-14-16(11-13)23(31)27(22(14)30)19-8-9-20(28)25-21(19)29/h1,4-7,11,19H,2-3,8-10,12,24H2,(H,25,28,29). The van der Waals surface area contributed by atoms with Crippen LogP contribution in [-0.4, -0.2) is 41.1 Å². The third-order valence-corrected chi connectivity index (χ3v) is 6.26. The lowest BCUT2D eigenvalue weighted by molar-refractivity contribution is -0.136. The van der Waals surface area contributed by atoms with E-state index in [2.05, 4.69) is 16.3 Å². The molecule has 8 heteroatoms. The Morgan fingerprint density at radius 1 is 1.00 bits per heavy atom. The number of anilines is 2. The Morgan fingerprint density at radius 2 is 1.81 bits per heavy atom. The molecular formula is C23H22N4O4. The van der Waals surface area contributed by atoms with Crippen LogP contribution in [0.5, 0.6) is 0 Å². The summed E-state index contributed by atoms with van der Waals surface area (Å²) in [6.45, 7) is 1.46. The van der Waals surface area contributed by atoms with Gasteiger partial charge in [-0.2, -0.15) is 0 Å². The monoisotopic (exact) mass is 418 g/mol. The molecule has 2 aromatic rings. The minimum absolute atomic E-state index is 0.104. The van der Waals surface area contributed by atoms with E-state index in [-0.39, 0.29) is 18.7 Å². The summed E-state index contributed by atoms with van der Waals surface area (Å²) in [4.78, 5) is 52.7. The summed E-state index contributed by atoms with van der Waals surface area (Å²) in [7, 11) is 0. The van der Waals surface area contributed by atoms with Gasteiger partial charge in [-0.3, -0.25) is 29.4 Å². The van der Waals surface area contributed by atoms with Gasteiger partial charge in [0.15, 0.2) is 0 Å². The smallest absolute Gasteiger partial charge is 0.262 e. The van der Waals surface area contributed by atoms with Crippen LogP contribution in [0.3, 0.4) is 0 Å². The molecule has 0 aromatic heterocycles. The number of benzene rings is 2. The number of nitrogens with zero attached hydrogens (tertiary/aromatic N) is 2. The second-order valence-corrected chi connectivity index (χ2v) is 8.20. The van der Waals surface area contributed by atoms with Crippen molar-refractivity contribution in [3.05, 3.63) is 58.7 Å². The van der Waals surface area contributed by atoms with E-state index in [0.29, 0.717) is 17.7 Å². The number of nitrogen functional groups attached to an aromatic ring is 1. The van der Waals surface area contributed by atoms with E-state index in [4.69, 9.17) is 5.73 Å². The minimum atomic E-state index is -0.953. The van der Waals surface area contributed by atoms with Crippen molar-refractivity contribution in [2.24, 2.45) is 0 Å². The quantitative estimate of drug-likeness (QED) is 0.579. The third kappa shape index (κ3) is 3.15. The van der Waals surface area contributed by atoms with E-state index in [1.54, 1.807) is 12.1 Å². The molecule has 0 aliphatic carbocycles. The molecule has 1 saturated heterocycles. The van der Waals surface area contributed by atoms with Crippen molar-refractivity contribution in [2.75, 3.05) is 17.2 Å². The van der Waals surface area contributed by atoms with Crippen molar-refractivity contribution >= 4 is 35.0 Å². The van der Waals surface area contributed by atoms with Gasteiger partial charge in [-0.15, -0.1) is 0 Å². The fourth-order valence-corrected chi connectivity index (χ4v) is 4.73. The number of piperidine rings is 1. The summed E-state index contributed by atoms with van der Waals surface area (Å²) in [5, 5.41) is 2.21. The maximum absolute atomic E-state index is 13.0. The van der Waals surface area contributed by atoms with Crippen molar-refractivity contribution in [2.45, 2.75) is 38.3 Å². The van der Waals surface area contributed by atoms with Crippen LogP contribution >= 0.6 is 0 Å². The molecule has 1 fully saturated rings. The maximum atomic E-state index is 13.0. The Kier molecular flexibility index (Phi) is 4.50. The van der Waals surface area contributed by atoms with E-state index in [0.717, 1.165) is 46.8 Å². The van der Waals surface area contributed by atoms with Gasteiger partial charge in [0.25, 0.3) is 11.8 Å². The molecule has 0 saturated carbocycles. The van der Waals surface area contributed by atoms with Gasteiger partial charge >= 0.3 is 0 Å². The molecule has 5 rings (SSSR count). The first-order valence-corrected chi connectivity index (χ1v) is 10.4. The topological polar surface area (TPSA) is 113 Å². The van der Waals surface area contributed by atoms with Gasteiger partial charge in [0.05, 0.1) is 11.1 Å². The Bertz CT molecular complexity index is 1140. The summed E-state index contributed by atoms with van der Waals surface area (Å²) < 4.78 is 0. The fraction of sp³-hybridized carbons (Fsp3) is 0.304. The van der Waals surface area contributed by atoms with Crippen molar-refractivity contribution in [1.82, 2.24) is 10.2 Å². The SMILES string of the molecule is Nc1cccc2c1CCCN2Cc1ccc2c(c1)C(=O)N(C1CCC(=O)NC1=O)C2=O. The highest BCUT2D eigenvalue weighted by atomic mass is 16.2. The molecule has 3 aliphatic rings. The summed E-state index contributed by atoms with van der Waals surface area (Å²) in [5.74, 6) is -1.96. The number of carbonyl (C=O) groups is 4. The highest BCUT2D eigenvalue weighted by Crippen LogP contribution is 2.33. The largest absolute Gasteiger partial charge is 0.398 e. The Labute approximate surface area is 179 Å². The second-order valence-electron chi connectivity index (χ2n) is 8.20. The number of fused-ring (bicyclic) bond motifs is 2. The number of rotatable bonds is 3. The van der Waals surface area contributed by atoms with Crippen LogP contribution in [0.15, 0.2) is 36.4 Å². The molecule has 158 valence electrons. The Hall–Kier alpha value is -3.68. The first kappa shape index (κ1) is 19.3. The van der Waals surface area contributed by atoms with Crippen molar-refractivity contribution in [3.63, 3.8) is 0 Å². The lowest BCUT2D eigenvalue weighted by Gasteiger charge is -2.32. The Balaban J connectivity index is 1.41. The normalized spacial score (nSPS) is 20.6. The van der Waals surface area contributed by atoms with E-state index < -0.39 is 23.8 Å². The zero-order valence-electron chi connectivity index (χ0n) is 16.9. The van der Waals surface area contributed by atoms with Crippen LogP contribution in [0.25, 0.3) is 0 Å². The molecule has 1 unspecified atom stereocenters. The molecule has 3 heterocycles. The summed E-state index contributed by atoms with van der Waals surface area (Å²) in [6, 6.07) is 10.2. The lowest BCUT2D eigenvalue weighted by Crippen LogP contribution is -2.54. The number of imide groups is 2. The molecule has 31 heavy (non-hydrogen) atoms. The molecule has 0 radical (unpaired) electrons. The number of nitrogens with one attached hydrogen (secondary N) is 1. The zero-order chi connectivity index (χ0) is 21.7. The molecule has 1 atom stereocenters. The number of amides is 4. The van der Waals surface area contributed by atoms with Crippen LogP contribution in [-0.2, 0) is 22.6 Å². The van der Waals surface area contributed by atoms with Crippen molar-refractivity contribution < 1.29 is 19.2 Å². The van der Waals surface area contributed by atoms with E-state index in [9.17, 15) is 19.2 Å². The molecule has 3 N–H and O–H groups in total. The second kappa shape index (κ2) is 7.23. The number of hydrogen-bond acceptors (Lipinski definition) is 6. The summed E-state index contributed by atoms with van der Waals surface area (Å²) >= 11 is 0. The predicted molar refractivity (Wildman–Crippen MR) is 113 cm³/mol. The van der Waals surface area contributed by atoms with Crippen LogP contribution < -0.4 is 16.0 Å². The van der Waals surface area contributed by atoms with E-state index in [1.165, 1.54) is 0 Å². The lowest BCUT2D eigenvalue weighted by atomic mass is 9.98. The van der Waals surface area contributed by atoms with Crippen molar-refractivity contribution in [1.29, 1.82) is 0 Å². The molecule has 4 amide bonds. The van der Waals surface area contributed by atoms with E-state index in [1.807, 2.05) is 18.2 Å². The number of nitrogens with two attached hydrogens (primary N) is 1. The first-order valence-electron chi connectivity index (χ1n) is 10.4. The van der Waals surface area contributed by atoms with Gasteiger partial charge in [-0.05, 0) is 54.7 Å². The van der Waals surface area contributed by atoms with Gasteiger partial charge in [0.1, 0.15) is 6.04 Å². The average molecular weight is 418 g/mol. The van der Waals surface area contributed by atoms with Crippen LogP contribution in [0, 0.1) is 0 Å². The first-order chi connectivity index (χ1) is 14.9. The molecule has 0 spiro atoms. The maximum Gasteiger partial charge on any atom is 0.262 e. The van der Waals surface area contributed by atoms with Crippen LogP contribution in [0.4, 0.5) is 11.4 Å². The van der Waals surface area contributed by atoms with Crippen LogP contribution in [0.2, 0.25) is 0 Å². The fourth-order valence-electron chi connectivity index (χ4n) is 4.73. The Morgan fingerprint density at radius 3 is 2.61 bits per heavy atom.